The van der Waals surface area contributed by atoms with Crippen molar-refractivity contribution in [3.8, 4) is 5.75 Å². The fourth-order valence-corrected chi connectivity index (χ4v) is 1.53. The van der Waals surface area contributed by atoms with Crippen LogP contribution in [0.15, 0.2) is 18.2 Å². The van der Waals surface area contributed by atoms with E-state index >= 15 is 0 Å². The first-order valence-electron chi connectivity index (χ1n) is 4.25. The van der Waals surface area contributed by atoms with Crippen LogP contribution in [0, 0.1) is 0 Å². The quantitative estimate of drug-likeness (QED) is 0.590. The molecule has 2 radical (unpaired) electrons. The molecule has 1 saturated carbocycles. The maximum atomic E-state index is 5.77. The number of para-hydroxylation sites is 1. The second-order valence-corrected chi connectivity index (χ2v) is 3.24. The van der Waals surface area contributed by atoms with Gasteiger partial charge in [-0.05, 0) is 24.3 Å². The Balaban J connectivity index is 2.43. The van der Waals surface area contributed by atoms with Crippen molar-refractivity contribution < 1.29 is 4.74 Å². The lowest BCUT2D eigenvalue weighted by Crippen LogP contribution is -2.08. The van der Waals surface area contributed by atoms with Crippen LogP contribution in [-0.2, 0) is 0 Å². The van der Waals surface area contributed by atoms with E-state index in [1.165, 1.54) is 18.4 Å². The lowest BCUT2D eigenvalue weighted by Gasteiger charge is -2.10. The van der Waals surface area contributed by atoms with Crippen molar-refractivity contribution in [2.24, 2.45) is 0 Å². The van der Waals surface area contributed by atoms with E-state index in [4.69, 9.17) is 12.6 Å². The molecule has 0 unspecified atom stereocenters. The van der Waals surface area contributed by atoms with Crippen LogP contribution in [0.3, 0.4) is 0 Å². The molecule has 0 bridgehead atoms. The molecule has 0 spiro atoms. The molecular weight excluding hydrogens is 147 g/mol. The van der Waals surface area contributed by atoms with E-state index in [1.807, 2.05) is 12.1 Å². The zero-order chi connectivity index (χ0) is 8.55. The standard InChI is InChI=1S/C10H11BO/c1-12-10-8(7-5-6-7)3-2-4-9(10)11/h2-4,7H,5-6H2,1H3. The highest BCUT2D eigenvalue weighted by Gasteiger charge is 2.26. The summed E-state index contributed by atoms with van der Waals surface area (Å²) in [7, 11) is 7.45. The highest BCUT2D eigenvalue weighted by atomic mass is 16.5. The number of rotatable bonds is 2. The van der Waals surface area contributed by atoms with Gasteiger partial charge in [0.25, 0.3) is 0 Å². The molecule has 1 aliphatic rings. The van der Waals surface area contributed by atoms with Crippen LogP contribution in [-0.4, -0.2) is 15.0 Å². The molecular formula is C10H11BO. The van der Waals surface area contributed by atoms with Crippen molar-refractivity contribution in [2.45, 2.75) is 18.8 Å². The van der Waals surface area contributed by atoms with Crippen LogP contribution >= 0.6 is 0 Å². The SMILES string of the molecule is [B]c1cccc(C2CC2)c1OC. The van der Waals surface area contributed by atoms with Crippen LogP contribution in [0.25, 0.3) is 0 Å². The van der Waals surface area contributed by atoms with Crippen LogP contribution in [0.5, 0.6) is 5.75 Å². The number of methoxy groups -OCH3 is 1. The van der Waals surface area contributed by atoms with Gasteiger partial charge in [-0.3, -0.25) is 0 Å². The lowest BCUT2D eigenvalue weighted by atomic mass is 9.91. The Hall–Kier alpha value is -0.915. The van der Waals surface area contributed by atoms with E-state index in [0.717, 1.165) is 11.2 Å². The monoisotopic (exact) mass is 158 g/mol. The summed E-state index contributed by atoms with van der Waals surface area (Å²) in [5.41, 5.74) is 2.03. The van der Waals surface area contributed by atoms with E-state index < -0.39 is 0 Å². The molecule has 2 rings (SSSR count). The number of hydrogen-bond acceptors (Lipinski definition) is 1. The molecule has 2 heteroatoms. The highest BCUT2D eigenvalue weighted by molar-refractivity contribution is 6.34. The zero-order valence-electron chi connectivity index (χ0n) is 7.21. The maximum absolute atomic E-state index is 5.77. The van der Waals surface area contributed by atoms with Gasteiger partial charge in [-0.1, -0.05) is 23.7 Å². The number of hydrogen-bond donors (Lipinski definition) is 0. The van der Waals surface area contributed by atoms with Gasteiger partial charge >= 0.3 is 0 Å². The predicted molar refractivity (Wildman–Crippen MR) is 50.4 cm³/mol. The summed E-state index contributed by atoms with van der Waals surface area (Å²) in [6, 6.07) is 5.98. The fourth-order valence-electron chi connectivity index (χ4n) is 1.53. The Morgan fingerprint density at radius 3 is 2.75 bits per heavy atom. The lowest BCUT2D eigenvalue weighted by molar-refractivity contribution is 0.413. The van der Waals surface area contributed by atoms with Crippen molar-refractivity contribution in [3.05, 3.63) is 23.8 Å². The minimum Gasteiger partial charge on any atom is -0.497 e. The highest BCUT2D eigenvalue weighted by Crippen LogP contribution is 2.43. The predicted octanol–water partition coefficient (Wildman–Crippen LogP) is 1.37. The van der Waals surface area contributed by atoms with Crippen LogP contribution in [0.2, 0.25) is 0 Å². The molecule has 0 saturated heterocycles. The molecule has 0 aromatic heterocycles. The summed E-state index contributed by atoms with van der Waals surface area (Å²) < 4.78 is 5.25. The maximum Gasteiger partial charge on any atom is 0.119 e. The molecule has 1 aromatic rings. The summed E-state index contributed by atoms with van der Waals surface area (Å²) in [5.74, 6) is 1.57. The molecule has 0 amide bonds. The van der Waals surface area contributed by atoms with E-state index in [0.29, 0.717) is 5.92 Å². The Kier molecular flexibility index (Phi) is 1.83. The average Bonchev–Trinajstić information content (AvgIpc) is 2.86. The normalized spacial score (nSPS) is 16.1. The fraction of sp³-hybridized carbons (Fsp3) is 0.400. The van der Waals surface area contributed by atoms with Crippen LogP contribution in [0.1, 0.15) is 24.3 Å². The Morgan fingerprint density at radius 2 is 2.17 bits per heavy atom. The second kappa shape index (κ2) is 2.85. The first kappa shape index (κ1) is 7.72. The molecule has 1 nitrogen and oxygen atoms in total. The smallest absolute Gasteiger partial charge is 0.119 e. The van der Waals surface area contributed by atoms with Gasteiger partial charge in [-0.2, -0.15) is 0 Å². The van der Waals surface area contributed by atoms with Crippen molar-refractivity contribution >= 4 is 13.3 Å². The van der Waals surface area contributed by atoms with Gasteiger partial charge in [0.1, 0.15) is 13.6 Å². The summed E-state index contributed by atoms with van der Waals surface area (Å²) in [5, 5.41) is 0. The Bertz CT molecular complexity index is 292. The topological polar surface area (TPSA) is 9.23 Å². The van der Waals surface area contributed by atoms with Crippen molar-refractivity contribution in [1.82, 2.24) is 0 Å². The van der Waals surface area contributed by atoms with Gasteiger partial charge < -0.3 is 4.74 Å². The third-order valence-electron chi connectivity index (χ3n) is 2.30. The zero-order valence-corrected chi connectivity index (χ0v) is 7.21. The minimum atomic E-state index is 0.698. The average molecular weight is 158 g/mol. The van der Waals surface area contributed by atoms with E-state index in [1.54, 1.807) is 7.11 Å². The van der Waals surface area contributed by atoms with Gasteiger partial charge in [0.05, 0.1) is 7.11 Å². The van der Waals surface area contributed by atoms with Gasteiger partial charge in [0.2, 0.25) is 0 Å². The molecule has 0 aliphatic heterocycles. The van der Waals surface area contributed by atoms with Crippen LogP contribution < -0.4 is 10.2 Å². The molecule has 60 valence electrons. The summed E-state index contributed by atoms with van der Waals surface area (Å²) in [6.07, 6.45) is 2.56. The summed E-state index contributed by atoms with van der Waals surface area (Å²) in [4.78, 5) is 0. The first-order valence-corrected chi connectivity index (χ1v) is 4.25. The van der Waals surface area contributed by atoms with Gasteiger partial charge in [0.15, 0.2) is 0 Å². The van der Waals surface area contributed by atoms with E-state index in [2.05, 4.69) is 6.07 Å². The van der Waals surface area contributed by atoms with Gasteiger partial charge in [-0.25, -0.2) is 0 Å². The molecule has 0 heterocycles. The first-order chi connectivity index (χ1) is 5.83. The molecule has 1 aliphatic carbocycles. The Morgan fingerprint density at radius 1 is 1.42 bits per heavy atom. The molecule has 1 fully saturated rings. The number of ether oxygens (including phenoxy) is 1. The summed E-state index contributed by atoms with van der Waals surface area (Å²) >= 11 is 0. The molecule has 0 N–H and O–H groups in total. The van der Waals surface area contributed by atoms with Crippen LogP contribution in [0.4, 0.5) is 0 Å². The van der Waals surface area contributed by atoms with E-state index in [-0.39, 0.29) is 0 Å². The minimum absolute atomic E-state index is 0.698. The molecule has 12 heavy (non-hydrogen) atoms. The number of benzene rings is 1. The molecule has 0 atom stereocenters. The molecule has 1 aromatic carbocycles. The van der Waals surface area contributed by atoms with Gasteiger partial charge in [-0.15, -0.1) is 0 Å². The van der Waals surface area contributed by atoms with Crippen molar-refractivity contribution in [3.63, 3.8) is 0 Å². The van der Waals surface area contributed by atoms with Crippen molar-refractivity contribution in [2.75, 3.05) is 7.11 Å². The van der Waals surface area contributed by atoms with Gasteiger partial charge in [0, 0.05) is 0 Å². The third-order valence-corrected chi connectivity index (χ3v) is 2.30. The summed E-state index contributed by atoms with van der Waals surface area (Å²) in [6.45, 7) is 0. The Labute approximate surface area is 74.2 Å². The second-order valence-electron chi connectivity index (χ2n) is 3.24. The third kappa shape index (κ3) is 1.22. The van der Waals surface area contributed by atoms with Crippen molar-refractivity contribution in [1.29, 1.82) is 0 Å². The van der Waals surface area contributed by atoms with E-state index in [9.17, 15) is 0 Å². The largest absolute Gasteiger partial charge is 0.497 e.